The summed E-state index contributed by atoms with van der Waals surface area (Å²) in [6.45, 7) is 5.40. The van der Waals surface area contributed by atoms with E-state index in [1.165, 1.54) is 0 Å². The van der Waals surface area contributed by atoms with Crippen molar-refractivity contribution < 1.29 is 9.53 Å². The number of likely N-dealkylation sites (tertiary alicyclic amines) is 1. The summed E-state index contributed by atoms with van der Waals surface area (Å²) in [6.07, 6.45) is 5.45. The number of ether oxygens (including phenoxy) is 1. The molecule has 28 heavy (non-hydrogen) atoms. The van der Waals surface area contributed by atoms with Gasteiger partial charge >= 0.3 is 0 Å². The molecule has 3 heterocycles. The average Bonchev–Trinajstić information content (AvgIpc) is 2.74. The predicted octanol–water partition coefficient (Wildman–Crippen LogP) is 4.32. The van der Waals surface area contributed by atoms with E-state index < -0.39 is 0 Å². The van der Waals surface area contributed by atoms with Crippen molar-refractivity contribution in [3.05, 3.63) is 54.9 Å². The Balaban J connectivity index is 1.39. The topological polar surface area (TPSA) is 55.3 Å². The van der Waals surface area contributed by atoms with Crippen LogP contribution in [0, 0.1) is 5.92 Å². The summed E-state index contributed by atoms with van der Waals surface area (Å²) in [5.74, 6) is 0.916. The summed E-state index contributed by atoms with van der Waals surface area (Å²) in [4.78, 5) is 22.9. The molecule has 3 aromatic rings. The second-order valence-corrected chi connectivity index (χ2v) is 7.59. The van der Waals surface area contributed by atoms with Gasteiger partial charge in [0, 0.05) is 61.3 Å². The molecule has 1 amide bonds. The van der Waals surface area contributed by atoms with Crippen LogP contribution in [0.4, 0.5) is 0 Å². The van der Waals surface area contributed by atoms with Gasteiger partial charge in [0.2, 0.25) is 11.8 Å². The normalized spacial score (nSPS) is 15.2. The molecule has 0 aliphatic carbocycles. The molecular formula is C23H25N3O2. The molecule has 5 nitrogen and oxygen atoms in total. The Hall–Kier alpha value is -2.95. The molecule has 0 spiro atoms. The van der Waals surface area contributed by atoms with E-state index in [4.69, 9.17) is 4.74 Å². The Morgan fingerprint density at radius 1 is 1.07 bits per heavy atom. The zero-order chi connectivity index (χ0) is 19.5. The fourth-order valence-electron chi connectivity index (χ4n) is 3.60. The second kappa shape index (κ2) is 7.97. The van der Waals surface area contributed by atoms with E-state index >= 15 is 0 Å². The van der Waals surface area contributed by atoms with Gasteiger partial charge in [0.1, 0.15) is 6.10 Å². The zero-order valence-corrected chi connectivity index (χ0v) is 16.3. The van der Waals surface area contributed by atoms with E-state index in [0.717, 1.165) is 48.0 Å². The van der Waals surface area contributed by atoms with Crippen LogP contribution in [0.3, 0.4) is 0 Å². The standard InChI is InChI=1S/C23H25N3O2/c1-16(2)23(27)26-12-9-20(10-13-26)28-22-8-7-19(15-25-22)18-6-5-17-4-3-11-24-21(17)14-18/h3-8,11,14-16,20H,9-10,12-13H2,1-2H3. The van der Waals surface area contributed by atoms with E-state index in [0.29, 0.717) is 5.88 Å². The summed E-state index contributed by atoms with van der Waals surface area (Å²) in [5.41, 5.74) is 3.10. The van der Waals surface area contributed by atoms with Gasteiger partial charge in [-0.25, -0.2) is 4.98 Å². The quantitative estimate of drug-likeness (QED) is 0.681. The van der Waals surface area contributed by atoms with Crippen molar-refractivity contribution in [3.63, 3.8) is 0 Å². The molecule has 1 fully saturated rings. The lowest BCUT2D eigenvalue weighted by molar-refractivity contribution is -0.136. The Morgan fingerprint density at radius 3 is 2.57 bits per heavy atom. The van der Waals surface area contributed by atoms with Gasteiger partial charge in [-0.15, -0.1) is 0 Å². The maximum Gasteiger partial charge on any atom is 0.225 e. The lowest BCUT2D eigenvalue weighted by Gasteiger charge is -2.33. The third-order valence-electron chi connectivity index (χ3n) is 5.21. The minimum Gasteiger partial charge on any atom is -0.474 e. The van der Waals surface area contributed by atoms with E-state index in [1.807, 2.05) is 43.1 Å². The maximum absolute atomic E-state index is 12.1. The van der Waals surface area contributed by atoms with Gasteiger partial charge in [0.05, 0.1) is 5.52 Å². The molecule has 0 atom stereocenters. The van der Waals surface area contributed by atoms with Gasteiger partial charge in [-0.1, -0.05) is 32.0 Å². The number of aromatic nitrogens is 2. The smallest absolute Gasteiger partial charge is 0.225 e. The van der Waals surface area contributed by atoms with E-state index in [-0.39, 0.29) is 17.9 Å². The highest BCUT2D eigenvalue weighted by atomic mass is 16.5. The van der Waals surface area contributed by atoms with Crippen LogP contribution in [-0.4, -0.2) is 40.0 Å². The molecule has 144 valence electrons. The molecule has 1 aliphatic rings. The molecule has 1 aliphatic heterocycles. The van der Waals surface area contributed by atoms with Crippen LogP contribution in [0.1, 0.15) is 26.7 Å². The van der Waals surface area contributed by atoms with Crippen molar-refractivity contribution >= 4 is 16.8 Å². The fourth-order valence-corrected chi connectivity index (χ4v) is 3.60. The van der Waals surface area contributed by atoms with Gasteiger partial charge in [-0.2, -0.15) is 0 Å². The number of piperidine rings is 1. The van der Waals surface area contributed by atoms with Crippen LogP contribution < -0.4 is 4.74 Å². The van der Waals surface area contributed by atoms with Crippen molar-refractivity contribution in [3.8, 4) is 17.0 Å². The third-order valence-corrected chi connectivity index (χ3v) is 5.21. The molecule has 4 rings (SSSR count). The number of carbonyl (C=O) groups is 1. The SMILES string of the molecule is CC(C)C(=O)N1CCC(Oc2ccc(-c3ccc4cccnc4c3)cn2)CC1. The molecule has 1 aromatic carbocycles. The number of carbonyl (C=O) groups excluding carboxylic acids is 1. The summed E-state index contributed by atoms with van der Waals surface area (Å²) >= 11 is 0. The number of hydrogen-bond acceptors (Lipinski definition) is 4. The lowest BCUT2D eigenvalue weighted by atomic mass is 10.0. The first-order valence-corrected chi connectivity index (χ1v) is 9.87. The summed E-state index contributed by atoms with van der Waals surface area (Å²) < 4.78 is 6.04. The molecule has 2 aromatic heterocycles. The van der Waals surface area contributed by atoms with Crippen LogP contribution >= 0.6 is 0 Å². The fraction of sp³-hybridized carbons (Fsp3) is 0.348. The largest absolute Gasteiger partial charge is 0.474 e. The van der Waals surface area contributed by atoms with Crippen molar-refractivity contribution in [2.45, 2.75) is 32.8 Å². The number of amides is 1. The molecule has 0 saturated carbocycles. The summed E-state index contributed by atoms with van der Waals surface area (Å²) in [6, 6.07) is 14.2. The number of benzene rings is 1. The van der Waals surface area contributed by atoms with Crippen LogP contribution in [0.2, 0.25) is 0 Å². The van der Waals surface area contributed by atoms with Crippen LogP contribution in [0.25, 0.3) is 22.0 Å². The van der Waals surface area contributed by atoms with E-state index in [9.17, 15) is 4.79 Å². The first kappa shape index (κ1) is 18.4. The highest BCUT2D eigenvalue weighted by Gasteiger charge is 2.25. The Kier molecular flexibility index (Phi) is 5.24. The maximum atomic E-state index is 12.1. The van der Waals surface area contributed by atoms with Crippen molar-refractivity contribution in [2.75, 3.05) is 13.1 Å². The molecule has 0 N–H and O–H groups in total. The molecule has 5 heteroatoms. The molecule has 0 radical (unpaired) electrons. The minimum atomic E-state index is 0.0528. The van der Waals surface area contributed by atoms with Crippen LogP contribution in [0.5, 0.6) is 5.88 Å². The van der Waals surface area contributed by atoms with Gasteiger partial charge in [0.25, 0.3) is 0 Å². The van der Waals surface area contributed by atoms with E-state index in [1.54, 1.807) is 6.20 Å². The Bertz CT molecular complexity index is 961. The highest BCUT2D eigenvalue weighted by molar-refractivity contribution is 5.83. The second-order valence-electron chi connectivity index (χ2n) is 7.59. The number of pyridine rings is 2. The van der Waals surface area contributed by atoms with Crippen LogP contribution in [-0.2, 0) is 4.79 Å². The first-order chi connectivity index (χ1) is 13.6. The van der Waals surface area contributed by atoms with Crippen molar-refractivity contribution in [1.29, 1.82) is 0 Å². The average molecular weight is 375 g/mol. The van der Waals surface area contributed by atoms with Gasteiger partial charge in [-0.05, 0) is 23.8 Å². The van der Waals surface area contributed by atoms with Crippen LogP contribution in [0.15, 0.2) is 54.9 Å². The van der Waals surface area contributed by atoms with Gasteiger partial charge < -0.3 is 9.64 Å². The van der Waals surface area contributed by atoms with E-state index in [2.05, 4.69) is 34.2 Å². The number of fused-ring (bicyclic) bond motifs is 1. The number of rotatable bonds is 4. The van der Waals surface area contributed by atoms with Crippen molar-refractivity contribution in [1.82, 2.24) is 14.9 Å². The van der Waals surface area contributed by atoms with Gasteiger partial charge in [0.15, 0.2) is 0 Å². The molecule has 0 bridgehead atoms. The number of hydrogen-bond donors (Lipinski definition) is 0. The lowest BCUT2D eigenvalue weighted by Crippen LogP contribution is -2.43. The van der Waals surface area contributed by atoms with Crippen molar-refractivity contribution in [2.24, 2.45) is 5.92 Å². The summed E-state index contributed by atoms with van der Waals surface area (Å²) in [7, 11) is 0. The monoisotopic (exact) mass is 375 g/mol. The Labute approximate surface area is 165 Å². The minimum absolute atomic E-state index is 0.0528. The number of nitrogens with zero attached hydrogens (tertiary/aromatic N) is 3. The predicted molar refractivity (Wildman–Crippen MR) is 110 cm³/mol. The summed E-state index contributed by atoms with van der Waals surface area (Å²) in [5, 5.41) is 1.13. The third kappa shape index (κ3) is 3.98. The molecule has 1 saturated heterocycles. The van der Waals surface area contributed by atoms with Gasteiger partial charge in [-0.3, -0.25) is 9.78 Å². The molecule has 0 unspecified atom stereocenters. The first-order valence-electron chi connectivity index (χ1n) is 9.87. The Morgan fingerprint density at radius 2 is 1.86 bits per heavy atom. The highest BCUT2D eigenvalue weighted by Crippen LogP contribution is 2.25. The zero-order valence-electron chi connectivity index (χ0n) is 16.3. The molecular weight excluding hydrogens is 350 g/mol.